The number of amides is 2. The highest BCUT2D eigenvalue weighted by atomic mass is 16.7. The Kier molecular flexibility index (Phi) is 18.6. The zero-order valence-electron chi connectivity index (χ0n) is 35.0. The molecule has 17 unspecified atom stereocenters. The number of rotatable bonds is 17. The van der Waals surface area contributed by atoms with Crippen LogP contribution in [0.4, 0.5) is 0 Å². The van der Waals surface area contributed by atoms with E-state index in [0.717, 1.165) is 6.92 Å². The van der Waals surface area contributed by atoms with E-state index in [1.165, 1.54) is 13.8 Å². The molecule has 0 bridgehead atoms. The molecule has 3 saturated heterocycles. The molecule has 0 radical (unpaired) electrons. The van der Waals surface area contributed by atoms with Crippen LogP contribution in [0, 0.1) is 23.7 Å². The fourth-order valence-electron chi connectivity index (χ4n) is 9.27. The number of hydrogen-bond acceptors (Lipinski definition) is 25. The molecular weight excluding hydrogens is 872 g/mol. The molecule has 64 heavy (non-hydrogen) atoms. The minimum atomic E-state index is -2.40. The lowest BCUT2D eigenvalue weighted by molar-refractivity contribution is -0.342. The molecule has 2 aliphatic carbocycles. The number of hydrogen-bond donors (Lipinski definition) is 18. The average molecular weight is 937 g/mol. The zero-order chi connectivity index (χ0) is 47.6. The first-order valence-electron chi connectivity index (χ1n) is 20.8. The molecule has 0 spiro atoms. The standard InChI is InChI=1S/C37H64N2O25/c1-9-19(38-10(2)44)27(52)32(15(6-42)59-9)63-36-20(39-11(3)45)28(53)31(16(7-43)61-36)62-35(57)18-22(47)13(8-58-34(56)17-21(46)12(4-40)23(48)26(17)51)24(49)33(18)64-37-30(55)29(54)25(50)14(5-41)60-37/h9,12-37,40-43,46-57H,4-8H2,1-3H3,(H,38,44)(H,39,45)/t9-,12?,13?,14?,15?,16?,17?,18?,19?,20?,21?,22?,23+,24+,25+,26?,27?,28?,29?,30?,31+,32+,33?,34+,35-,36-,37+/m0/s1. The summed E-state index contributed by atoms with van der Waals surface area (Å²) in [4.78, 5) is 24.4. The molecule has 0 aromatic heterocycles. The van der Waals surface area contributed by atoms with Crippen molar-refractivity contribution in [1.29, 1.82) is 0 Å². The number of carbonyl (C=O) groups is 2. The van der Waals surface area contributed by atoms with Crippen molar-refractivity contribution >= 4 is 11.8 Å². The minimum Gasteiger partial charge on any atom is -0.396 e. The van der Waals surface area contributed by atoms with Gasteiger partial charge in [-0.05, 0) is 6.92 Å². The first-order valence-corrected chi connectivity index (χ1v) is 20.8. The maximum Gasteiger partial charge on any atom is 0.217 e. The molecule has 3 aliphatic heterocycles. The number of aliphatic hydroxyl groups excluding tert-OH is 16. The minimum absolute atomic E-state index is 0.543. The highest BCUT2D eigenvalue weighted by Gasteiger charge is 2.59. The van der Waals surface area contributed by atoms with Crippen molar-refractivity contribution in [3.63, 3.8) is 0 Å². The summed E-state index contributed by atoms with van der Waals surface area (Å²) < 4.78 is 40.1. The third kappa shape index (κ3) is 10.8. The fraction of sp³-hybridized carbons (Fsp3) is 0.946. The summed E-state index contributed by atoms with van der Waals surface area (Å²) in [5, 5.41) is 176. The van der Waals surface area contributed by atoms with E-state index in [4.69, 9.17) is 33.2 Å². The second-order valence-electron chi connectivity index (χ2n) is 17.0. The summed E-state index contributed by atoms with van der Waals surface area (Å²) in [5.41, 5.74) is 0. The zero-order valence-corrected chi connectivity index (χ0v) is 35.0. The maximum absolute atomic E-state index is 12.5. The molecule has 5 rings (SSSR count). The van der Waals surface area contributed by atoms with Gasteiger partial charge >= 0.3 is 0 Å². The maximum atomic E-state index is 12.5. The summed E-state index contributed by atoms with van der Waals surface area (Å²) in [6, 6.07) is -2.73. The lowest BCUT2D eigenvalue weighted by atomic mass is 9.92. The second kappa shape index (κ2) is 22.4. The molecule has 2 saturated carbocycles. The normalized spacial score (nSPS) is 48.5. The van der Waals surface area contributed by atoms with Crippen LogP contribution in [0.2, 0.25) is 0 Å². The highest BCUT2D eigenvalue weighted by Crippen LogP contribution is 2.42. The first-order chi connectivity index (χ1) is 30.1. The highest BCUT2D eigenvalue weighted by molar-refractivity contribution is 5.73. The van der Waals surface area contributed by atoms with Crippen LogP contribution in [0.5, 0.6) is 0 Å². The van der Waals surface area contributed by atoms with Crippen molar-refractivity contribution in [3.8, 4) is 0 Å². The predicted octanol–water partition coefficient (Wildman–Crippen LogP) is -10.9. The number of nitrogens with one attached hydrogen (secondary N) is 2. The quantitative estimate of drug-likeness (QED) is 0.0602. The van der Waals surface area contributed by atoms with Gasteiger partial charge in [-0.3, -0.25) is 9.59 Å². The Labute approximate surface area is 365 Å². The van der Waals surface area contributed by atoms with E-state index in [1.54, 1.807) is 0 Å². The van der Waals surface area contributed by atoms with Crippen LogP contribution in [0.15, 0.2) is 0 Å². The van der Waals surface area contributed by atoms with Gasteiger partial charge in [0.25, 0.3) is 0 Å². The van der Waals surface area contributed by atoms with E-state index in [2.05, 4.69) is 10.6 Å². The average Bonchev–Trinajstić information content (AvgIpc) is 3.61. The van der Waals surface area contributed by atoms with Crippen molar-refractivity contribution in [2.75, 3.05) is 33.0 Å². The molecule has 27 heteroatoms. The largest absolute Gasteiger partial charge is 0.396 e. The Morgan fingerprint density at radius 1 is 0.516 bits per heavy atom. The van der Waals surface area contributed by atoms with Gasteiger partial charge in [-0.1, -0.05) is 0 Å². The van der Waals surface area contributed by atoms with Gasteiger partial charge in [0.15, 0.2) is 25.2 Å². The van der Waals surface area contributed by atoms with Crippen LogP contribution in [0.25, 0.3) is 0 Å². The Bertz CT molecular complexity index is 1510. The summed E-state index contributed by atoms with van der Waals surface area (Å²) in [6.07, 6.45) is -37.5. The second-order valence-corrected chi connectivity index (χ2v) is 17.0. The molecule has 5 aliphatic rings. The summed E-state index contributed by atoms with van der Waals surface area (Å²) in [5.74, 6) is -7.72. The van der Waals surface area contributed by atoms with E-state index >= 15 is 0 Å². The van der Waals surface area contributed by atoms with Crippen LogP contribution in [0.3, 0.4) is 0 Å². The molecule has 27 nitrogen and oxygen atoms in total. The lowest BCUT2D eigenvalue weighted by Crippen LogP contribution is -2.69. The van der Waals surface area contributed by atoms with Crippen molar-refractivity contribution < 1.29 is 124 Å². The van der Waals surface area contributed by atoms with E-state index in [-0.39, 0.29) is 0 Å². The molecule has 0 aromatic carbocycles. The van der Waals surface area contributed by atoms with Crippen LogP contribution < -0.4 is 10.6 Å². The Balaban J connectivity index is 1.40. The number of aliphatic hydroxyl groups is 16. The van der Waals surface area contributed by atoms with Gasteiger partial charge in [-0.15, -0.1) is 0 Å². The van der Waals surface area contributed by atoms with Crippen molar-refractivity contribution in [1.82, 2.24) is 10.6 Å². The molecule has 27 atom stereocenters. The lowest BCUT2D eigenvalue weighted by Gasteiger charge is -2.49. The molecular formula is C37H64N2O25. The van der Waals surface area contributed by atoms with Gasteiger partial charge in [0, 0.05) is 25.7 Å². The molecule has 3 heterocycles. The molecule has 0 aromatic rings. The van der Waals surface area contributed by atoms with Gasteiger partial charge in [-0.25, -0.2) is 0 Å². The molecule has 372 valence electrons. The van der Waals surface area contributed by atoms with E-state index in [9.17, 15) is 91.3 Å². The van der Waals surface area contributed by atoms with Crippen LogP contribution in [0.1, 0.15) is 20.8 Å². The Hall–Kier alpha value is -1.98. The fourth-order valence-corrected chi connectivity index (χ4v) is 9.27. The molecule has 2 amide bonds. The van der Waals surface area contributed by atoms with Crippen LogP contribution in [-0.2, 0) is 42.7 Å². The molecule has 5 fully saturated rings. The summed E-state index contributed by atoms with van der Waals surface area (Å²) >= 11 is 0. The van der Waals surface area contributed by atoms with E-state index < -0.39 is 210 Å². The van der Waals surface area contributed by atoms with Crippen molar-refractivity contribution in [2.24, 2.45) is 23.7 Å². The summed E-state index contributed by atoms with van der Waals surface area (Å²) in [6.45, 7) is -0.506. The smallest absolute Gasteiger partial charge is 0.217 e. The summed E-state index contributed by atoms with van der Waals surface area (Å²) in [7, 11) is 0. The molecule has 18 N–H and O–H groups in total. The first kappa shape index (κ1) is 53.0. The van der Waals surface area contributed by atoms with Gasteiger partial charge in [0.1, 0.15) is 67.1 Å². The monoisotopic (exact) mass is 936 g/mol. The van der Waals surface area contributed by atoms with E-state index in [0.29, 0.717) is 0 Å². The van der Waals surface area contributed by atoms with Crippen LogP contribution in [-0.4, -0.2) is 268 Å². The van der Waals surface area contributed by atoms with Crippen LogP contribution >= 0.6 is 0 Å². The number of ether oxygens (including phenoxy) is 7. The Morgan fingerprint density at radius 3 is 1.61 bits per heavy atom. The predicted molar refractivity (Wildman–Crippen MR) is 202 cm³/mol. The van der Waals surface area contributed by atoms with Gasteiger partial charge in [-0.2, -0.15) is 0 Å². The third-order valence-electron chi connectivity index (χ3n) is 12.8. The van der Waals surface area contributed by atoms with Gasteiger partial charge < -0.3 is 125 Å². The van der Waals surface area contributed by atoms with E-state index in [1.807, 2.05) is 0 Å². The third-order valence-corrected chi connectivity index (χ3v) is 12.8. The van der Waals surface area contributed by atoms with Crippen molar-refractivity contribution in [2.45, 2.75) is 162 Å². The Morgan fingerprint density at radius 2 is 1.05 bits per heavy atom. The van der Waals surface area contributed by atoms with Crippen molar-refractivity contribution in [3.05, 3.63) is 0 Å². The topological polar surface area (TPSA) is 446 Å². The number of carbonyl (C=O) groups excluding carboxylic acids is 2. The SMILES string of the molecule is CC(=O)NC1C(O)[C@H](O[C@H](O)C2C(O)C(CO[C@@H](O)C3C(O)C(CO)[C@@H](O)C3O)[C@@H](O)C2O[C@H]2OC(CO)[C@@H](O)C(O)C2O)C(CO)O[C@H]1O[C@@H]1C(CO)O[C@@H](C)C(NC(C)=O)C1O. The van der Waals surface area contributed by atoms with Gasteiger partial charge in [0.05, 0.1) is 93.6 Å². The van der Waals surface area contributed by atoms with Gasteiger partial charge in [0.2, 0.25) is 11.8 Å².